The van der Waals surface area contributed by atoms with Crippen molar-refractivity contribution >= 4 is 11.2 Å². The first-order valence-corrected chi connectivity index (χ1v) is 10.4. The number of hydrogen-bond donors (Lipinski definition) is 0. The van der Waals surface area contributed by atoms with E-state index in [0.29, 0.717) is 35.2 Å². The van der Waals surface area contributed by atoms with E-state index in [1.165, 1.54) is 6.07 Å². The van der Waals surface area contributed by atoms with Gasteiger partial charge in [0.15, 0.2) is 17.1 Å². The summed E-state index contributed by atoms with van der Waals surface area (Å²) in [4.78, 5) is 15.2. The fourth-order valence-corrected chi connectivity index (χ4v) is 4.31. The van der Waals surface area contributed by atoms with E-state index in [2.05, 4.69) is 31.5 Å². The zero-order valence-electron chi connectivity index (χ0n) is 17.7. The van der Waals surface area contributed by atoms with Crippen molar-refractivity contribution in [2.75, 3.05) is 13.1 Å². The molecule has 3 aromatic heterocycles. The minimum atomic E-state index is -4.74. The Morgan fingerprint density at radius 3 is 2.77 bits per heavy atom. The van der Waals surface area contributed by atoms with Gasteiger partial charge in [-0.2, -0.15) is 4.98 Å². The van der Waals surface area contributed by atoms with Gasteiger partial charge in [0.25, 0.3) is 0 Å². The molecule has 0 spiro atoms. The molecule has 2 unspecified atom stereocenters. The molecule has 4 heterocycles. The van der Waals surface area contributed by atoms with E-state index in [4.69, 9.17) is 4.42 Å². The third-order valence-corrected chi connectivity index (χ3v) is 5.64. The second-order valence-electron chi connectivity index (χ2n) is 8.18. The van der Waals surface area contributed by atoms with Crippen LogP contribution in [0.5, 0.6) is 5.88 Å². The van der Waals surface area contributed by atoms with Gasteiger partial charge in [0, 0.05) is 31.3 Å². The van der Waals surface area contributed by atoms with E-state index in [9.17, 15) is 13.2 Å². The Labute approximate surface area is 178 Å². The molecule has 9 heteroatoms. The minimum Gasteiger partial charge on any atom is -0.439 e. The minimum absolute atomic E-state index is 0.104. The molecule has 0 N–H and O–H groups in total. The van der Waals surface area contributed by atoms with E-state index in [1.807, 2.05) is 18.2 Å². The average molecular weight is 434 g/mol. The number of piperidine rings is 1. The molecule has 0 saturated carbocycles. The van der Waals surface area contributed by atoms with E-state index in [1.54, 1.807) is 13.8 Å². The van der Waals surface area contributed by atoms with Crippen molar-refractivity contribution in [3.8, 4) is 5.88 Å². The van der Waals surface area contributed by atoms with Gasteiger partial charge in [0.2, 0.25) is 5.88 Å². The molecule has 6 nitrogen and oxygen atoms in total. The van der Waals surface area contributed by atoms with Crippen LogP contribution in [0.1, 0.15) is 48.6 Å². The molecule has 2 atom stereocenters. The van der Waals surface area contributed by atoms with Gasteiger partial charge in [-0.3, -0.25) is 4.90 Å². The number of ether oxygens (including phenoxy) is 1. The van der Waals surface area contributed by atoms with Gasteiger partial charge >= 0.3 is 6.36 Å². The van der Waals surface area contributed by atoms with Crippen molar-refractivity contribution < 1.29 is 22.3 Å². The highest BCUT2D eigenvalue weighted by atomic mass is 19.4. The standard InChI is InChI=1S/C22H25F3N4O2/c1-13-9-17(11-20(26-13)31-22(23,24)25)10-16-5-4-8-29(12-16)14(2)18-6-7-19-21(28-18)27-15(3)30-19/h6-7,9,11,14,16H,4-5,8,10,12H2,1-3H3. The first-order valence-electron chi connectivity index (χ1n) is 10.4. The number of fused-ring (bicyclic) bond motifs is 1. The van der Waals surface area contributed by atoms with E-state index < -0.39 is 12.2 Å². The van der Waals surface area contributed by atoms with Crippen LogP contribution in [-0.4, -0.2) is 39.3 Å². The lowest BCUT2D eigenvalue weighted by Crippen LogP contribution is -2.38. The lowest BCUT2D eigenvalue weighted by Gasteiger charge is -2.36. The molecule has 1 aliphatic rings. The van der Waals surface area contributed by atoms with Crippen molar-refractivity contribution in [2.45, 2.75) is 52.4 Å². The first kappa shape index (κ1) is 21.5. The number of pyridine rings is 2. The Morgan fingerprint density at radius 2 is 2.00 bits per heavy atom. The summed E-state index contributed by atoms with van der Waals surface area (Å²) in [5.41, 5.74) is 3.54. The van der Waals surface area contributed by atoms with Gasteiger partial charge in [0.1, 0.15) is 0 Å². The van der Waals surface area contributed by atoms with E-state index in [-0.39, 0.29) is 6.04 Å². The third kappa shape index (κ3) is 5.33. The molecule has 3 aromatic rings. The van der Waals surface area contributed by atoms with Crippen LogP contribution in [0.25, 0.3) is 11.2 Å². The van der Waals surface area contributed by atoms with Gasteiger partial charge in [-0.25, -0.2) is 9.97 Å². The molecule has 0 aromatic carbocycles. The van der Waals surface area contributed by atoms with Crippen LogP contribution in [-0.2, 0) is 6.42 Å². The number of aromatic nitrogens is 3. The van der Waals surface area contributed by atoms with Crippen LogP contribution < -0.4 is 4.74 Å². The van der Waals surface area contributed by atoms with Gasteiger partial charge in [-0.1, -0.05) is 0 Å². The summed E-state index contributed by atoms with van der Waals surface area (Å²) in [6.45, 7) is 7.39. The van der Waals surface area contributed by atoms with E-state index in [0.717, 1.165) is 37.2 Å². The van der Waals surface area contributed by atoms with Gasteiger partial charge in [0.05, 0.1) is 5.69 Å². The smallest absolute Gasteiger partial charge is 0.439 e. The molecular weight excluding hydrogens is 409 g/mol. The number of halogens is 3. The van der Waals surface area contributed by atoms with Gasteiger partial charge in [-0.05, 0) is 69.3 Å². The largest absolute Gasteiger partial charge is 0.574 e. The number of oxazole rings is 1. The summed E-state index contributed by atoms with van der Waals surface area (Å²) in [6, 6.07) is 7.19. The molecule has 1 fully saturated rings. The van der Waals surface area contributed by atoms with Crippen molar-refractivity contribution in [1.29, 1.82) is 0 Å². The summed E-state index contributed by atoms with van der Waals surface area (Å²) in [7, 11) is 0. The topological polar surface area (TPSA) is 64.3 Å². The van der Waals surface area contributed by atoms with Crippen LogP contribution in [0, 0.1) is 19.8 Å². The summed E-state index contributed by atoms with van der Waals surface area (Å²) >= 11 is 0. The summed E-state index contributed by atoms with van der Waals surface area (Å²) < 4.78 is 47.3. The summed E-state index contributed by atoms with van der Waals surface area (Å²) in [5, 5.41) is 0. The Hall–Kier alpha value is -2.68. The third-order valence-electron chi connectivity index (χ3n) is 5.64. The predicted octanol–water partition coefficient (Wildman–Crippen LogP) is 5.15. The lowest BCUT2D eigenvalue weighted by atomic mass is 9.90. The van der Waals surface area contributed by atoms with Crippen LogP contribution in [0.2, 0.25) is 0 Å². The maximum Gasteiger partial charge on any atom is 0.574 e. The fourth-order valence-electron chi connectivity index (χ4n) is 4.31. The van der Waals surface area contributed by atoms with Gasteiger partial charge in [-0.15, -0.1) is 13.2 Å². The quantitative estimate of drug-likeness (QED) is 0.554. The van der Waals surface area contributed by atoms with Crippen molar-refractivity contribution in [2.24, 2.45) is 5.92 Å². The van der Waals surface area contributed by atoms with Crippen molar-refractivity contribution in [3.05, 3.63) is 47.1 Å². The SMILES string of the molecule is Cc1cc(CC2CCCN(C(C)c3ccc4oc(C)nc4n3)C2)cc(OC(F)(F)F)n1. The first-order chi connectivity index (χ1) is 14.7. The molecule has 1 saturated heterocycles. The molecule has 166 valence electrons. The normalized spacial score (nSPS) is 19.0. The number of nitrogens with zero attached hydrogens (tertiary/aromatic N) is 4. The molecule has 0 bridgehead atoms. The molecular formula is C22H25F3N4O2. The van der Waals surface area contributed by atoms with E-state index >= 15 is 0 Å². The maximum absolute atomic E-state index is 12.6. The highest BCUT2D eigenvalue weighted by Crippen LogP contribution is 2.30. The Balaban J connectivity index is 1.45. The molecule has 0 amide bonds. The van der Waals surface area contributed by atoms with Crippen LogP contribution >= 0.6 is 0 Å². The zero-order valence-corrected chi connectivity index (χ0v) is 17.7. The fraction of sp³-hybridized carbons (Fsp3) is 0.500. The zero-order chi connectivity index (χ0) is 22.2. The molecule has 4 rings (SSSR count). The average Bonchev–Trinajstić information content (AvgIpc) is 3.05. The number of alkyl halides is 3. The summed E-state index contributed by atoms with van der Waals surface area (Å²) in [5.74, 6) is 0.519. The number of aryl methyl sites for hydroxylation is 2. The second-order valence-corrected chi connectivity index (χ2v) is 8.18. The van der Waals surface area contributed by atoms with Gasteiger partial charge < -0.3 is 9.15 Å². The highest BCUT2D eigenvalue weighted by molar-refractivity contribution is 5.67. The Bertz CT molecular complexity index is 1070. The summed E-state index contributed by atoms with van der Waals surface area (Å²) in [6.07, 6.45) is -2.02. The molecule has 0 radical (unpaired) electrons. The van der Waals surface area contributed by atoms with Crippen LogP contribution in [0.4, 0.5) is 13.2 Å². The number of hydrogen-bond acceptors (Lipinski definition) is 6. The predicted molar refractivity (Wildman–Crippen MR) is 109 cm³/mol. The lowest BCUT2D eigenvalue weighted by molar-refractivity contribution is -0.276. The number of rotatable bonds is 5. The molecule has 0 aliphatic carbocycles. The van der Waals surface area contributed by atoms with Crippen molar-refractivity contribution in [3.63, 3.8) is 0 Å². The Morgan fingerprint density at radius 1 is 1.19 bits per heavy atom. The molecule has 1 aliphatic heterocycles. The number of likely N-dealkylation sites (tertiary alicyclic amines) is 1. The van der Waals surface area contributed by atoms with Crippen LogP contribution in [0.15, 0.2) is 28.7 Å². The second kappa shape index (κ2) is 8.45. The van der Waals surface area contributed by atoms with Crippen LogP contribution in [0.3, 0.4) is 0 Å². The monoisotopic (exact) mass is 434 g/mol. The van der Waals surface area contributed by atoms with Crippen molar-refractivity contribution in [1.82, 2.24) is 19.9 Å². The molecule has 31 heavy (non-hydrogen) atoms. The Kier molecular flexibility index (Phi) is 5.88. The maximum atomic E-state index is 12.6. The highest BCUT2D eigenvalue weighted by Gasteiger charge is 2.32.